The first-order chi connectivity index (χ1) is 12.0. The number of carboxylic acid groups (broad SMARTS) is 1. The van der Waals surface area contributed by atoms with E-state index < -0.39 is 42.0 Å². The average Bonchev–Trinajstić information content (AvgIpc) is 2.52. The molecule has 150 valence electrons. The van der Waals surface area contributed by atoms with E-state index in [1.165, 1.54) is 6.92 Å². The summed E-state index contributed by atoms with van der Waals surface area (Å²) in [5.74, 6) is -2.92. The fraction of sp³-hybridized carbons (Fsp3) is 0.733. The van der Waals surface area contributed by atoms with Crippen molar-refractivity contribution in [1.29, 1.82) is 0 Å². The summed E-state index contributed by atoms with van der Waals surface area (Å²) in [6, 6.07) is -3.37. The molecule has 26 heavy (non-hydrogen) atoms. The quantitative estimate of drug-likeness (QED) is 0.116. The first-order valence-electron chi connectivity index (χ1n) is 8.30. The SMILES string of the molecule is CC(C)C(N)C(=O)NC(CCCN=C(N)N)C(=O)NC(C(=O)O)C(C)O. The van der Waals surface area contributed by atoms with Gasteiger partial charge in [-0.25, -0.2) is 4.79 Å². The molecule has 0 aliphatic carbocycles. The zero-order chi connectivity index (χ0) is 20.4. The number of aliphatic hydroxyl groups is 1. The van der Waals surface area contributed by atoms with Crippen LogP contribution >= 0.6 is 0 Å². The normalized spacial score (nSPS) is 15.5. The molecule has 0 aromatic carbocycles. The Morgan fingerprint density at radius 3 is 2.08 bits per heavy atom. The van der Waals surface area contributed by atoms with Crippen LogP contribution in [-0.4, -0.2) is 64.7 Å². The highest BCUT2D eigenvalue weighted by molar-refractivity contribution is 5.91. The van der Waals surface area contributed by atoms with E-state index >= 15 is 0 Å². The molecule has 0 bridgehead atoms. The summed E-state index contributed by atoms with van der Waals surface area (Å²) in [5.41, 5.74) is 16.2. The maximum atomic E-state index is 12.4. The molecule has 0 fully saturated rings. The lowest BCUT2D eigenvalue weighted by Crippen LogP contribution is -2.57. The summed E-state index contributed by atoms with van der Waals surface area (Å²) in [7, 11) is 0. The Hall–Kier alpha value is -2.40. The fourth-order valence-corrected chi connectivity index (χ4v) is 1.99. The standard InChI is InChI=1S/C15H30N6O5/c1-7(2)10(16)13(24)20-9(5-4-6-19-15(17)18)12(23)21-11(8(3)22)14(25)26/h7-11,22H,4-6,16H2,1-3H3,(H,20,24)(H,21,23)(H,25,26)(H4,17,18,19). The van der Waals surface area contributed by atoms with Crippen LogP contribution in [0, 0.1) is 5.92 Å². The van der Waals surface area contributed by atoms with E-state index in [4.69, 9.17) is 22.3 Å². The molecule has 0 aliphatic heterocycles. The van der Waals surface area contributed by atoms with Gasteiger partial charge in [0.25, 0.3) is 0 Å². The molecule has 11 heteroatoms. The van der Waals surface area contributed by atoms with Crippen molar-refractivity contribution in [3.05, 3.63) is 0 Å². The van der Waals surface area contributed by atoms with E-state index in [2.05, 4.69) is 15.6 Å². The summed E-state index contributed by atoms with van der Waals surface area (Å²) < 4.78 is 0. The van der Waals surface area contributed by atoms with E-state index in [0.717, 1.165) is 0 Å². The number of carbonyl (C=O) groups excluding carboxylic acids is 2. The lowest BCUT2D eigenvalue weighted by atomic mass is 10.0. The number of aliphatic imine (C=N–C) groups is 1. The number of nitrogens with zero attached hydrogens (tertiary/aromatic N) is 1. The zero-order valence-electron chi connectivity index (χ0n) is 15.3. The monoisotopic (exact) mass is 374 g/mol. The molecule has 2 amide bonds. The van der Waals surface area contributed by atoms with Gasteiger partial charge in [0.2, 0.25) is 11.8 Å². The van der Waals surface area contributed by atoms with Gasteiger partial charge >= 0.3 is 5.97 Å². The average molecular weight is 374 g/mol. The largest absolute Gasteiger partial charge is 0.480 e. The predicted octanol–water partition coefficient (Wildman–Crippen LogP) is -2.54. The summed E-state index contributed by atoms with van der Waals surface area (Å²) in [6.45, 7) is 4.98. The van der Waals surface area contributed by atoms with E-state index in [1.807, 2.05) is 0 Å². The minimum absolute atomic E-state index is 0.100. The molecule has 4 unspecified atom stereocenters. The molecule has 10 N–H and O–H groups in total. The number of amides is 2. The molecular weight excluding hydrogens is 344 g/mol. The Morgan fingerprint density at radius 1 is 1.08 bits per heavy atom. The molecule has 0 aromatic rings. The van der Waals surface area contributed by atoms with Crippen LogP contribution in [-0.2, 0) is 14.4 Å². The van der Waals surface area contributed by atoms with Crippen LogP contribution in [0.15, 0.2) is 4.99 Å². The second-order valence-corrected chi connectivity index (χ2v) is 6.34. The number of hydrogen-bond donors (Lipinski definition) is 7. The maximum absolute atomic E-state index is 12.4. The minimum Gasteiger partial charge on any atom is -0.480 e. The highest BCUT2D eigenvalue weighted by Crippen LogP contribution is 2.04. The highest BCUT2D eigenvalue weighted by Gasteiger charge is 2.30. The van der Waals surface area contributed by atoms with Gasteiger partial charge in [0, 0.05) is 6.54 Å². The van der Waals surface area contributed by atoms with E-state index in [9.17, 15) is 19.5 Å². The van der Waals surface area contributed by atoms with Gasteiger partial charge in [-0.1, -0.05) is 13.8 Å². The molecular formula is C15H30N6O5. The third kappa shape index (κ3) is 8.62. The first kappa shape index (κ1) is 23.6. The van der Waals surface area contributed by atoms with Gasteiger partial charge in [-0.05, 0) is 25.7 Å². The molecule has 0 radical (unpaired) electrons. The summed E-state index contributed by atoms with van der Waals surface area (Å²) in [6.07, 6.45) is -0.794. The Labute approximate surface area is 152 Å². The van der Waals surface area contributed by atoms with Crippen LogP contribution in [0.25, 0.3) is 0 Å². The van der Waals surface area contributed by atoms with Gasteiger partial charge in [-0.3, -0.25) is 14.6 Å². The third-order valence-electron chi connectivity index (χ3n) is 3.65. The number of nitrogens with two attached hydrogens (primary N) is 3. The molecule has 4 atom stereocenters. The number of nitrogens with one attached hydrogen (secondary N) is 2. The molecule has 0 rings (SSSR count). The topological polar surface area (TPSA) is 206 Å². The van der Waals surface area contributed by atoms with Gasteiger partial charge < -0.3 is 38.0 Å². The number of carbonyl (C=O) groups is 3. The third-order valence-corrected chi connectivity index (χ3v) is 3.65. The van der Waals surface area contributed by atoms with Crippen molar-refractivity contribution in [2.24, 2.45) is 28.1 Å². The van der Waals surface area contributed by atoms with Crippen molar-refractivity contribution in [2.45, 2.75) is 57.8 Å². The van der Waals surface area contributed by atoms with Gasteiger partial charge in [-0.15, -0.1) is 0 Å². The second-order valence-electron chi connectivity index (χ2n) is 6.34. The van der Waals surface area contributed by atoms with Crippen molar-refractivity contribution in [3.63, 3.8) is 0 Å². The van der Waals surface area contributed by atoms with Crippen LogP contribution < -0.4 is 27.8 Å². The lowest BCUT2D eigenvalue weighted by molar-refractivity contribution is -0.145. The van der Waals surface area contributed by atoms with Crippen LogP contribution in [0.2, 0.25) is 0 Å². The van der Waals surface area contributed by atoms with Crippen LogP contribution in [0.5, 0.6) is 0 Å². The Morgan fingerprint density at radius 2 is 1.65 bits per heavy atom. The van der Waals surface area contributed by atoms with Crippen molar-refractivity contribution in [3.8, 4) is 0 Å². The molecule has 0 aliphatic rings. The van der Waals surface area contributed by atoms with Crippen LogP contribution in [0.1, 0.15) is 33.6 Å². The molecule has 11 nitrogen and oxygen atoms in total. The maximum Gasteiger partial charge on any atom is 0.328 e. The number of carboxylic acids is 1. The Balaban J connectivity index is 5.10. The smallest absolute Gasteiger partial charge is 0.328 e. The number of guanidine groups is 1. The summed E-state index contributed by atoms with van der Waals surface area (Å²) >= 11 is 0. The number of hydrogen-bond acceptors (Lipinski definition) is 6. The number of rotatable bonds is 11. The number of aliphatic carboxylic acids is 1. The van der Waals surface area contributed by atoms with Crippen LogP contribution in [0.4, 0.5) is 0 Å². The van der Waals surface area contributed by atoms with Gasteiger partial charge in [0.1, 0.15) is 6.04 Å². The molecule has 0 saturated carbocycles. The van der Waals surface area contributed by atoms with Crippen molar-refractivity contribution < 1.29 is 24.6 Å². The highest BCUT2D eigenvalue weighted by atomic mass is 16.4. The Bertz CT molecular complexity index is 519. The van der Waals surface area contributed by atoms with Gasteiger partial charge in [0.05, 0.1) is 12.1 Å². The predicted molar refractivity (Wildman–Crippen MR) is 95.9 cm³/mol. The molecule has 0 heterocycles. The van der Waals surface area contributed by atoms with Crippen molar-refractivity contribution in [2.75, 3.05) is 6.54 Å². The summed E-state index contributed by atoms with van der Waals surface area (Å²) in [4.78, 5) is 39.4. The molecule has 0 spiro atoms. The van der Waals surface area contributed by atoms with Crippen molar-refractivity contribution in [1.82, 2.24) is 10.6 Å². The molecule has 0 aromatic heterocycles. The van der Waals surface area contributed by atoms with Gasteiger partial charge in [-0.2, -0.15) is 0 Å². The van der Waals surface area contributed by atoms with Gasteiger partial charge in [0.15, 0.2) is 12.0 Å². The molecule has 0 saturated heterocycles. The fourth-order valence-electron chi connectivity index (χ4n) is 1.99. The van der Waals surface area contributed by atoms with Crippen molar-refractivity contribution >= 4 is 23.7 Å². The summed E-state index contributed by atoms with van der Waals surface area (Å²) in [5, 5.41) is 23.3. The Kier molecular flexibility index (Phi) is 10.2. The lowest BCUT2D eigenvalue weighted by Gasteiger charge is -2.24. The zero-order valence-corrected chi connectivity index (χ0v) is 15.3. The van der Waals surface area contributed by atoms with E-state index in [1.54, 1.807) is 13.8 Å². The van der Waals surface area contributed by atoms with E-state index in [-0.39, 0.29) is 24.8 Å². The first-order valence-corrected chi connectivity index (χ1v) is 8.30. The second kappa shape index (κ2) is 11.3. The van der Waals surface area contributed by atoms with E-state index in [0.29, 0.717) is 6.42 Å². The van der Waals surface area contributed by atoms with Crippen LogP contribution in [0.3, 0.4) is 0 Å². The number of aliphatic hydroxyl groups excluding tert-OH is 1. The minimum atomic E-state index is -1.50.